The van der Waals surface area contributed by atoms with E-state index in [1.165, 1.54) is 36.8 Å². The van der Waals surface area contributed by atoms with E-state index in [0.717, 1.165) is 30.3 Å². The van der Waals surface area contributed by atoms with Crippen molar-refractivity contribution in [1.29, 1.82) is 0 Å². The molecule has 1 saturated carbocycles. The average Bonchev–Trinajstić information content (AvgIpc) is 3.13. The molecule has 4 aliphatic rings. The number of amides is 1. The van der Waals surface area contributed by atoms with E-state index in [9.17, 15) is 4.79 Å². The van der Waals surface area contributed by atoms with Gasteiger partial charge in [-0.3, -0.25) is 20.0 Å². The average molecular weight is 339 g/mol. The molecule has 5 rings (SSSR count). The van der Waals surface area contributed by atoms with Crippen molar-refractivity contribution in [3.8, 4) is 0 Å². The number of fused-ring (bicyclic) bond motifs is 1. The molecule has 1 aromatic carbocycles. The summed E-state index contributed by atoms with van der Waals surface area (Å²) < 4.78 is 0. The molecular weight excluding hydrogens is 314 g/mol. The Morgan fingerprint density at radius 1 is 1.16 bits per heavy atom. The molecule has 2 saturated heterocycles. The summed E-state index contributed by atoms with van der Waals surface area (Å²) in [6, 6.07) is 6.68. The van der Waals surface area contributed by atoms with E-state index >= 15 is 0 Å². The third-order valence-corrected chi connectivity index (χ3v) is 5.74. The highest BCUT2D eigenvalue weighted by Crippen LogP contribution is 2.41. The molecule has 6 nitrogen and oxygen atoms in total. The van der Waals surface area contributed by atoms with Crippen molar-refractivity contribution in [3.05, 3.63) is 41.1 Å². The molecule has 3 heterocycles. The zero-order valence-corrected chi connectivity index (χ0v) is 14.6. The number of carbonyl (C=O) groups is 1. The van der Waals surface area contributed by atoms with Gasteiger partial charge in [-0.1, -0.05) is 12.1 Å². The highest BCUT2D eigenvalue weighted by Gasteiger charge is 2.39. The van der Waals surface area contributed by atoms with Gasteiger partial charge in [-0.15, -0.1) is 0 Å². The Hall–Kier alpha value is -1.89. The van der Waals surface area contributed by atoms with E-state index in [2.05, 4.69) is 46.1 Å². The van der Waals surface area contributed by atoms with Gasteiger partial charge in [0.05, 0.1) is 11.3 Å². The first-order valence-corrected chi connectivity index (χ1v) is 9.38. The molecule has 0 aromatic heterocycles. The highest BCUT2D eigenvalue weighted by atomic mass is 16.2. The standard InChI is InChI=1S/C19H25N5O/c1-12-10-14(13-4-5-13)6-7-16(12)24-11-15-17(22-24)20-19(21-18(15)25)23-8-2-3-9-23/h6-7,10-11,13,17,19-20,22H,2-5,8-9H2,1H3,(H,21,25). The Kier molecular flexibility index (Phi) is 3.58. The molecule has 25 heavy (non-hydrogen) atoms. The maximum Gasteiger partial charge on any atom is 0.254 e. The molecule has 1 aliphatic carbocycles. The van der Waals surface area contributed by atoms with Crippen LogP contribution < -0.4 is 21.1 Å². The molecular formula is C19H25N5O. The van der Waals surface area contributed by atoms with Crippen LogP contribution >= 0.6 is 0 Å². The van der Waals surface area contributed by atoms with Gasteiger partial charge in [0, 0.05) is 19.3 Å². The van der Waals surface area contributed by atoms with Crippen molar-refractivity contribution in [2.75, 3.05) is 18.1 Å². The largest absolute Gasteiger partial charge is 0.324 e. The second-order valence-electron chi connectivity index (χ2n) is 7.62. The molecule has 1 amide bonds. The van der Waals surface area contributed by atoms with Crippen LogP contribution in [0.15, 0.2) is 30.0 Å². The van der Waals surface area contributed by atoms with Crippen LogP contribution in [0.2, 0.25) is 0 Å². The summed E-state index contributed by atoms with van der Waals surface area (Å²) >= 11 is 0. The fourth-order valence-electron chi connectivity index (χ4n) is 4.14. The molecule has 2 atom stereocenters. The van der Waals surface area contributed by atoms with E-state index in [-0.39, 0.29) is 18.4 Å². The van der Waals surface area contributed by atoms with E-state index < -0.39 is 0 Å². The monoisotopic (exact) mass is 339 g/mol. The van der Waals surface area contributed by atoms with Crippen LogP contribution in [0.3, 0.4) is 0 Å². The van der Waals surface area contributed by atoms with Crippen molar-refractivity contribution < 1.29 is 4.79 Å². The highest BCUT2D eigenvalue weighted by molar-refractivity contribution is 5.96. The number of aryl methyl sites for hydroxylation is 1. The summed E-state index contributed by atoms with van der Waals surface area (Å²) in [5, 5.41) is 8.60. The summed E-state index contributed by atoms with van der Waals surface area (Å²) in [5.74, 6) is 0.775. The summed E-state index contributed by atoms with van der Waals surface area (Å²) in [5.41, 5.74) is 7.98. The minimum atomic E-state index is -0.137. The quantitative estimate of drug-likeness (QED) is 0.779. The number of nitrogens with one attached hydrogen (secondary N) is 3. The number of rotatable bonds is 3. The van der Waals surface area contributed by atoms with Crippen LogP contribution in [0.4, 0.5) is 5.69 Å². The van der Waals surface area contributed by atoms with Crippen LogP contribution in [-0.2, 0) is 4.79 Å². The molecule has 0 radical (unpaired) electrons. The van der Waals surface area contributed by atoms with Crippen LogP contribution in [0.1, 0.15) is 42.7 Å². The first-order valence-electron chi connectivity index (χ1n) is 9.38. The summed E-state index contributed by atoms with van der Waals surface area (Å²) in [6.45, 7) is 4.22. The normalized spacial score (nSPS) is 29.6. The minimum absolute atomic E-state index is 0.0166. The molecule has 0 bridgehead atoms. The lowest BCUT2D eigenvalue weighted by Crippen LogP contribution is -2.66. The third kappa shape index (κ3) is 2.74. The predicted octanol–water partition coefficient (Wildman–Crippen LogP) is 1.51. The van der Waals surface area contributed by atoms with Crippen LogP contribution in [0.5, 0.6) is 0 Å². The SMILES string of the molecule is Cc1cc(C2CC2)ccc1N1C=C2C(=O)NC(N3CCCC3)NC2N1. The van der Waals surface area contributed by atoms with Crippen molar-refractivity contribution in [2.24, 2.45) is 0 Å². The zero-order valence-electron chi connectivity index (χ0n) is 14.6. The van der Waals surface area contributed by atoms with Crippen molar-refractivity contribution in [3.63, 3.8) is 0 Å². The number of carbonyl (C=O) groups excluding carboxylic acids is 1. The van der Waals surface area contributed by atoms with Gasteiger partial charge >= 0.3 is 0 Å². The van der Waals surface area contributed by atoms with Gasteiger partial charge in [0.1, 0.15) is 12.5 Å². The topological polar surface area (TPSA) is 59.6 Å². The smallest absolute Gasteiger partial charge is 0.254 e. The first-order chi connectivity index (χ1) is 12.2. The Morgan fingerprint density at radius 3 is 2.68 bits per heavy atom. The van der Waals surface area contributed by atoms with Crippen molar-refractivity contribution >= 4 is 11.6 Å². The van der Waals surface area contributed by atoms with E-state index in [1.807, 2.05) is 11.2 Å². The lowest BCUT2D eigenvalue weighted by Gasteiger charge is -2.36. The predicted molar refractivity (Wildman–Crippen MR) is 96.5 cm³/mol. The van der Waals surface area contributed by atoms with Crippen molar-refractivity contribution in [2.45, 2.75) is 51.0 Å². The zero-order chi connectivity index (χ0) is 17.0. The minimum Gasteiger partial charge on any atom is -0.324 e. The first kappa shape index (κ1) is 15.4. The maximum absolute atomic E-state index is 12.5. The molecule has 2 unspecified atom stereocenters. The van der Waals surface area contributed by atoms with Gasteiger partial charge in [0.15, 0.2) is 0 Å². The maximum atomic E-state index is 12.5. The number of hydrogen-bond donors (Lipinski definition) is 3. The number of likely N-dealkylation sites (tertiary alicyclic amines) is 1. The lowest BCUT2D eigenvalue weighted by molar-refractivity contribution is -0.121. The Labute approximate surface area is 148 Å². The molecule has 0 spiro atoms. The van der Waals surface area contributed by atoms with Gasteiger partial charge in [0.2, 0.25) is 0 Å². The van der Waals surface area contributed by atoms with Gasteiger partial charge in [-0.2, -0.15) is 0 Å². The van der Waals surface area contributed by atoms with Crippen LogP contribution in [0.25, 0.3) is 0 Å². The Balaban J connectivity index is 1.35. The Bertz CT molecular complexity index is 735. The Morgan fingerprint density at radius 2 is 1.96 bits per heavy atom. The fourth-order valence-corrected chi connectivity index (χ4v) is 4.14. The number of hydrazine groups is 1. The number of anilines is 1. The third-order valence-electron chi connectivity index (χ3n) is 5.74. The fraction of sp³-hybridized carbons (Fsp3) is 0.526. The molecule has 3 fully saturated rings. The van der Waals surface area contributed by atoms with Crippen LogP contribution in [0, 0.1) is 6.92 Å². The molecule has 1 aromatic rings. The van der Waals surface area contributed by atoms with Gasteiger partial charge in [-0.05, 0) is 55.7 Å². The second-order valence-corrected chi connectivity index (χ2v) is 7.62. The summed E-state index contributed by atoms with van der Waals surface area (Å²) in [7, 11) is 0. The summed E-state index contributed by atoms with van der Waals surface area (Å²) in [6.07, 6.45) is 6.74. The van der Waals surface area contributed by atoms with Gasteiger partial charge in [0.25, 0.3) is 5.91 Å². The number of hydrogen-bond acceptors (Lipinski definition) is 5. The lowest BCUT2D eigenvalue weighted by atomic mass is 10.1. The molecule has 6 heteroatoms. The second kappa shape index (κ2) is 5.83. The number of nitrogens with zero attached hydrogens (tertiary/aromatic N) is 2. The van der Waals surface area contributed by atoms with Crippen LogP contribution in [-0.4, -0.2) is 36.4 Å². The molecule has 3 N–H and O–H groups in total. The van der Waals surface area contributed by atoms with Crippen molar-refractivity contribution in [1.82, 2.24) is 21.0 Å². The van der Waals surface area contributed by atoms with Gasteiger partial charge in [-0.25, -0.2) is 5.43 Å². The van der Waals surface area contributed by atoms with Gasteiger partial charge < -0.3 is 5.32 Å². The molecule has 132 valence electrons. The van der Waals surface area contributed by atoms with E-state index in [4.69, 9.17) is 0 Å². The van der Waals surface area contributed by atoms with E-state index in [1.54, 1.807) is 0 Å². The molecule has 3 aliphatic heterocycles. The number of benzene rings is 1. The summed E-state index contributed by atoms with van der Waals surface area (Å²) in [4.78, 5) is 14.8. The van der Waals surface area contributed by atoms with E-state index in [0.29, 0.717) is 0 Å².